The van der Waals surface area contributed by atoms with E-state index < -0.39 is 0 Å². The second-order valence-electron chi connectivity index (χ2n) is 6.76. The van der Waals surface area contributed by atoms with E-state index in [0.717, 1.165) is 41.6 Å². The minimum absolute atomic E-state index is 0.140. The van der Waals surface area contributed by atoms with Crippen molar-refractivity contribution in [2.75, 3.05) is 6.61 Å². The van der Waals surface area contributed by atoms with Gasteiger partial charge < -0.3 is 9.67 Å². The predicted octanol–water partition coefficient (Wildman–Crippen LogP) is 3.32. The second kappa shape index (κ2) is 8.27. The van der Waals surface area contributed by atoms with Gasteiger partial charge in [0.25, 0.3) is 0 Å². The molecule has 0 saturated carbocycles. The number of aryl methyl sites for hydroxylation is 1. The fourth-order valence-corrected chi connectivity index (χ4v) is 2.97. The highest BCUT2D eigenvalue weighted by atomic mass is 16.3. The maximum atomic E-state index is 9.21. The Kier molecular flexibility index (Phi) is 5.83. The maximum absolute atomic E-state index is 9.21. The van der Waals surface area contributed by atoms with Crippen LogP contribution in [0.25, 0.3) is 22.9 Å². The summed E-state index contributed by atoms with van der Waals surface area (Å²) in [7, 11) is 2.00. The molecule has 3 rings (SSSR count). The number of aromatic nitrogens is 5. The summed E-state index contributed by atoms with van der Waals surface area (Å²) in [5.41, 5.74) is 2.01. The van der Waals surface area contributed by atoms with Crippen molar-refractivity contribution in [3.05, 3.63) is 42.4 Å². The Hall–Kier alpha value is -2.47. The Labute approximate surface area is 154 Å². The van der Waals surface area contributed by atoms with E-state index in [1.165, 1.54) is 0 Å². The van der Waals surface area contributed by atoms with E-state index in [1.807, 2.05) is 36.1 Å². The first kappa shape index (κ1) is 18.3. The van der Waals surface area contributed by atoms with Crippen LogP contribution in [0.1, 0.15) is 32.5 Å². The van der Waals surface area contributed by atoms with Crippen molar-refractivity contribution in [2.24, 2.45) is 13.0 Å². The lowest BCUT2D eigenvalue weighted by atomic mass is 10.1. The Morgan fingerprint density at radius 2 is 1.92 bits per heavy atom. The van der Waals surface area contributed by atoms with Gasteiger partial charge in [0.2, 0.25) is 0 Å². The van der Waals surface area contributed by atoms with Crippen LogP contribution < -0.4 is 0 Å². The number of imidazole rings is 1. The quantitative estimate of drug-likeness (QED) is 0.674. The van der Waals surface area contributed by atoms with Gasteiger partial charge in [-0.15, -0.1) is 0 Å². The van der Waals surface area contributed by atoms with Crippen molar-refractivity contribution < 1.29 is 5.11 Å². The first-order valence-corrected chi connectivity index (χ1v) is 9.26. The fourth-order valence-electron chi connectivity index (χ4n) is 2.97. The first-order chi connectivity index (χ1) is 12.6. The Morgan fingerprint density at radius 1 is 1.15 bits per heavy atom. The molecular formula is C20H27N5O. The van der Waals surface area contributed by atoms with Gasteiger partial charge in [-0.25, -0.2) is 14.6 Å². The number of hydrogen-bond donors (Lipinski definition) is 1. The van der Waals surface area contributed by atoms with Crippen LogP contribution in [0.5, 0.6) is 0 Å². The average Bonchev–Trinajstić information content (AvgIpc) is 3.23. The van der Waals surface area contributed by atoms with Crippen LogP contribution in [0.3, 0.4) is 0 Å². The van der Waals surface area contributed by atoms with Gasteiger partial charge in [0.15, 0.2) is 11.6 Å². The van der Waals surface area contributed by atoms with E-state index in [1.54, 1.807) is 0 Å². The van der Waals surface area contributed by atoms with Crippen LogP contribution in [0.4, 0.5) is 0 Å². The largest absolute Gasteiger partial charge is 0.396 e. The summed E-state index contributed by atoms with van der Waals surface area (Å²) >= 11 is 0. The minimum atomic E-state index is 0.140. The molecule has 1 unspecified atom stereocenters. The van der Waals surface area contributed by atoms with Crippen molar-refractivity contribution in [3.63, 3.8) is 0 Å². The Bertz CT molecular complexity index is 837. The standard InChI is InChI=1S/C20H27N5O/c1-4-15(2)13-18-22-20(25(23-18)11-8-12-26)17-14-21-19(24(17)3)16-9-6-5-7-10-16/h5-7,9-10,14-15,26H,4,8,11-13H2,1-3H3. The second-order valence-corrected chi connectivity index (χ2v) is 6.76. The van der Waals surface area contributed by atoms with Crippen LogP contribution in [-0.4, -0.2) is 36.0 Å². The lowest BCUT2D eigenvalue weighted by Gasteiger charge is -2.07. The summed E-state index contributed by atoms with van der Waals surface area (Å²) < 4.78 is 3.96. The first-order valence-electron chi connectivity index (χ1n) is 9.26. The van der Waals surface area contributed by atoms with Gasteiger partial charge in [-0.05, 0) is 12.3 Å². The molecule has 6 nitrogen and oxygen atoms in total. The molecule has 0 aliphatic carbocycles. The molecule has 0 aliphatic heterocycles. The van der Waals surface area contributed by atoms with Gasteiger partial charge in [-0.1, -0.05) is 50.6 Å². The van der Waals surface area contributed by atoms with E-state index >= 15 is 0 Å². The minimum Gasteiger partial charge on any atom is -0.396 e. The molecule has 3 aromatic rings. The van der Waals surface area contributed by atoms with Gasteiger partial charge >= 0.3 is 0 Å². The van der Waals surface area contributed by atoms with Crippen molar-refractivity contribution in [2.45, 2.75) is 39.7 Å². The third kappa shape index (κ3) is 3.85. The molecular weight excluding hydrogens is 326 g/mol. The highest BCUT2D eigenvalue weighted by Gasteiger charge is 2.18. The lowest BCUT2D eigenvalue weighted by molar-refractivity contribution is 0.277. The van der Waals surface area contributed by atoms with Crippen LogP contribution in [0.15, 0.2) is 36.5 Å². The fraction of sp³-hybridized carbons (Fsp3) is 0.450. The average molecular weight is 353 g/mol. The highest BCUT2D eigenvalue weighted by molar-refractivity contribution is 5.61. The summed E-state index contributed by atoms with van der Waals surface area (Å²) in [5, 5.41) is 13.9. The number of nitrogens with zero attached hydrogens (tertiary/aromatic N) is 5. The van der Waals surface area contributed by atoms with Gasteiger partial charge in [0.1, 0.15) is 11.5 Å². The van der Waals surface area contributed by atoms with Crippen molar-refractivity contribution in [1.82, 2.24) is 24.3 Å². The van der Waals surface area contributed by atoms with E-state index in [4.69, 9.17) is 4.98 Å². The normalized spacial score (nSPS) is 12.5. The zero-order valence-corrected chi connectivity index (χ0v) is 15.8. The van der Waals surface area contributed by atoms with Gasteiger partial charge in [0.05, 0.1) is 6.20 Å². The van der Waals surface area contributed by atoms with E-state index in [-0.39, 0.29) is 6.61 Å². The number of benzene rings is 1. The molecule has 0 saturated heterocycles. The molecule has 138 valence electrons. The van der Waals surface area contributed by atoms with E-state index in [9.17, 15) is 5.11 Å². The molecule has 1 aromatic carbocycles. The SMILES string of the molecule is CCC(C)Cc1nc(-c2cnc(-c3ccccc3)n2C)n(CCCO)n1. The molecule has 0 spiro atoms. The lowest BCUT2D eigenvalue weighted by Crippen LogP contribution is -2.07. The van der Waals surface area contributed by atoms with Crippen LogP contribution in [-0.2, 0) is 20.0 Å². The molecule has 26 heavy (non-hydrogen) atoms. The third-order valence-electron chi connectivity index (χ3n) is 4.72. The zero-order valence-electron chi connectivity index (χ0n) is 15.8. The summed E-state index contributed by atoms with van der Waals surface area (Å²) in [6.45, 7) is 5.18. The summed E-state index contributed by atoms with van der Waals surface area (Å²) in [6.07, 6.45) is 4.47. The monoisotopic (exact) mass is 353 g/mol. The predicted molar refractivity (Wildman–Crippen MR) is 103 cm³/mol. The van der Waals surface area contributed by atoms with Gasteiger partial charge in [-0.3, -0.25) is 0 Å². The zero-order chi connectivity index (χ0) is 18.5. The molecule has 1 N–H and O–H groups in total. The molecule has 0 aliphatic rings. The molecule has 1 atom stereocenters. The van der Waals surface area contributed by atoms with Crippen LogP contribution in [0, 0.1) is 5.92 Å². The number of aliphatic hydroxyl groups is 1. The summed E-state index contributed by atoms with van der Waals surface area (Å²) in [4.78, 5) is 9.40. The number of hydrogen-bond acceptors (Lipinski definition) is 4. The van der Waals surface area contributed by atoms with Crippen molar-refractivity contribution in [3.8, 4) is 22.9 Å². The summed E-state index contributed by atoms with van der Waals surface area (Å²) in [6, 6.07) is 10.1. The Morgan fingerprint density at radius 3 is 2.62 bits per heavy atom. The topological polar surface area (TPSA) is 68.8 Å². The maximum Gasteiger partial charge on any atom is 0.176 e. The number of rotatable bonds is 8. The molecule has 6 heteroatoms. The van der Waals surface area contributed by atoms with Crippen LogP contribution in [0.2, 0.25) is 0 Å². The van der Waals surface area contributed by atoms with E-state index in [2.05, 4.69) is 40.6 Å². The third-order valence-corrected chi connectivity index (χ3v) is 4.72. The van der Waals surface area contributed by atoms with Crippen molar-refractivity contribution in [1.29, 1.82) is 0 Å². The van der Waals surface area contributed by atoms with Crippen molar-refractivity contribution >= 4 is 0 Å². The molecule has 0 fully saturated rings. The summed E-state index contributed by atoms with van der Waals surface area (Å²) in [5.74, 6) is 3.12. The Balaban J connectivity index is 1.98. The number of aliphatic hydroxyl groups excluding tert-OH is 1. The van der Waals surface area contributed by atoms with Crippen LogP contribution >= 0.6 is 0 Å². The molecule has 2 heterocycles. The molecule has 0 amide bonds. The van der Waals surface area contributed by atoms with E-state index in [0.29, 0.717) is 18.9 Å². The molecule has 2 aromatic heterocycles. The van der Waals surface area contributed by atoms with Gasteiger partial charge in [0, 0.05) is 32.2 Å². The molecule has 0 radical (unpaired) electrons. The smallest absolute Gasteiger partial charge is 0.176 e. The van der Waals surface area contributed by atoms with Gasteiger partial charge in [-0.2, -0.15) is 5.10 Å². The highest BCUT2D eigenvalue weighted by Crippen LogP contribution is 2.25. The molecule has 0 bridgehead atoms.